The molecule has 1 aliphatic rings. The minimum Gasteiger partial charge on any atom is -0.497 e. The monoisotopic (exact) mass is 642 g/mol. The van der Waals surface area contributed by atoms with Crippen LogP contribution in [0.4, 0.5) is 5.69 Å². The molecule has 1 aromatic heterocycles. The molecule has 9 nitrogen and oxygen atoms in total. The van der Waals surface area contributed by atoms with Crippen LogP contribution >= 0.6 is 11.3 Å². The summed E-state index contributed by atoms with van der Waals surface area (Å²) in [5.74, 6) is 1.23. The molecule has 6 rings (SSSR count). The third kappa shape index (κ3) is 6.43. The van der Waals surface area contributed by atoms with Crippen LogP contribution in [0.15, 0.2) is 118 Å². The summed E-state index contributed by atoms with van der Waals surface area (Å²) in [7, 11) is 3.12. The fraction of sp³-hybridized carbons (Fsp3) is 0.135. The number of amides is 1. The number of nitriles is 1. The van der Waals surface area contributed by atoms with E-state index in [2.05, 4.69) is 11.4 Å². The van der Waals surface area contributed by atoms with E-state index in [1.165, 1.54) is 11.3 Å². The van der Waals surface area contributed by atoms with Crippen molar-refractivity contribution in [2.45, 2.75) is 19.6 Å². The highest BCUT2D eigenvalue weighted by Gasteiger charge is 2.32. The van der Waals surface area contributed by atoms with Crippen molar-refractivity contribution in [3.05, 3.63) is 150 Å². The number of para-hydroxylation sites is 1. The number of fused-ring (bicyclic) bond motifs is 1. The number of anilines is 1. The van der Waals surface area contributed by atoms with Crippen molar-refractivity contribution in [3.8, 4) is 23.3 Å². The minimum absolute atomic E-state index is 0.196. The van der Waals surface area contributed by atoms with Gasteiger partial charge in [-0.2, -0.15) is 5.26 Å². The zero-order valence-electron chi connectivity index (χ0n) is 25.9. The summed E-state index contributed by atoms with van der Waals surface area (Å²) in [5, 5.41) is 12.4. The Morgan fingerprint density at radius 2 is 1.77 bits per heavy atom. The molecule has 5 aromatic rings. The van der Waals surface area contributed by atoms with Crippen molar-refractivity contribution in [1.29, 1.82) is 5.26 Å². The van der Waals surface area contributed by atoms with Gasteiger partial charge in [-0.1, -0.05) is 65.9 Å². The van der Waals surface area contributed by atoms with Gasteiger partial charge >= 0.3 is 0 Å². The average Bonchev–Trinajstić information content (AvgIpc) is 3.40. The van der Waals surface area contributed by atoms with Crippen molar-refractivity contribution < 1.29 is 19.0 Å². The number of benzene rings is 4. The lowest BCUT2D eigenvalue weighted by Crippen LogP contribution is -2.40. The maximum Gasteiger partial charge on any atom is 0.271 e. The van der Waals surface area contributed by atoms with E-state index in [1.54, 1.807) is 62.1 Å². The quantitative estimate of drug-likeness (QED) is 0.232. The Kier molecular flexibility index (Phi) is 9.00. The Balaban J connectivity index is 1.39. The van der Waals surface area contributed by atoms with Gasteiger partial charge in [-0.05, 0) is 66.6 Å². The number of carbonyl (C=O) groups excluding carboxylic acids is 1. The molecule has 0 unspecified atom stereocenters. The highest BCUT2D eigenvalue weighted by Crippen LogP contribution is 2.33. The lowest BCUT2D eigenvalue weighted by molar-refractivity contribution is -0.113. The van der Waals surface area contributed by atoms with E-state index in [9.17, 15) is 14.9 Å². The van der Waals surface area contributed by atoms with Gasteiger partial charge in [0.15, 0.2) is 16.3 Å². The standard InChI is InChI=1S/C37H30N4O5S/c1-23-33(35(42)40-28-13-5-4-6-14-28)34(25-12-9-15-29(20-25)44-2)41-36(43)32(47-37(41)39-23)19-24-16-17-30(31(18-24)45-3)46-22-27-11-8-7-10-26(27)21-38/h4-20,34H,22H2,1-3H3,(H,40,42)/b32-19-/t34-/m1/s1. The minimum atomic E-state index is -0.742. The molecular weight excluding hydrogens is 612 g/mol. The van der Waals surface area contributed by atoms with Crippen molar-refractivity contribution >= 4 is 29.0 Å². The van der Waals surface area contributed by atoms with Crippen LogP contribution in [0, 0.1) is 11.3 Å². The van der Waals surface area contributed by atoms with Crippen molar-refractivity contribution in [2.75, 3.05) is 19.5 Å². The van der Waals surface area contributed by atoms with E-state index in [0.29, 0.717) is 60.2 Å². The zero-order valence-corrected chi connectivity index (χ0v) is 26.7. The van der Waals surface area contributed by atoms with Crippen LogP contribution in [-0.2, 0) is 11.4 Å². The van der Waals surface area contributed by atoms with Gasteiger partial charge in [0.1, 0.15) is 12.4 Å². The van der Waals surface area contributed by atoms with E-state index >= 15 is 0 Å². The average molecular weight is 643 g/mol. The molecule has 47 heavy (non-hydrogen) atoms. The first kappa shape index (κ1) is 31.1. The van der Waals surface area contributed by atoms with Crippen molar-refractivity contribution in [3.63, 3.8) is 0 Å². The molecule has 2 heterocycles. The van der Waals surface area contributed by atoms with Gasteiger partial charge in [0.2, 0.25) is 0 Å². The number of rotatable bonds is 9. The number of carbonyl (C=O) groups is 1. The van der Waals surface area contributed by atoms with E-state index in [1.807, 2.05) is 66.7 Å². The van der Waals surface area contributed by atoms with E-state index < -0.39 is 6.04 Å². The van der Waals surface area contributed by atoms with Gasteiger partial charge in [-0.15, -0.1) is 0 Å². The van der Waals surface area contributed by atoms with Crippen molar-refractivity contribution in [2.24, 2.45) is 4.99 Å². The highest BCUT2D eigenvalue weighted by molar-refractivity contribution is 7.07. The van der Waals surface area contributed by atoms with Crippen LogP contribution in [0.25, 0.3) is 6.08 Å². The zero-order chi connectivity index (χ0) is 32.9. The molecule has 0 radical (unpaired) electrons. The summed E-state index contributed by atoms with van der Waals surface area (Å²) in [4.78, 5) is 33.1. The van der Waals surface area contributed by atoms with Crippen LogP contribution in [-0.4, -0.2) is 24.7 Å². The second-order valence-electron chi connectivity index (χ2n) is 10.6. The topological polar surface area (TPSA) is 115 Å². The van der Waals surface area contributed by atoms with Crippen LogP contribution in [0.5, 0.6) is 17.2 Å². The second kappa shape index (κ2) is 13.6. The summed E-state index contributed by atoms with van der Waals surface area (Å²) in [6.45, 7) is 1.98. The maximum atomic E-state index is 14.1. The molecule has 0 aliphatic carbocycles. The van der Waals surface area contributed by atoms with Gasteiger partial charge in [0, 0.05) is 11.3 Å². The number of allylic oxidation sites excluding steroid dienone is 1. The first-order valence-electron chi connectivity index (χ1n) is 14.7. The van der Waals surface area contributed by atoms with Crippen LogP contribution in [0.2, 0.25) is 0 Å². The predicted octanol–water partition coefficient (Wildman–Crippen LogP) is 5.34. The van der Waals surface area contributed by atoms with Crippen LogP contribution in [0.3, 0.4) is 0 Å². The van der Waals surface area contributed by atoms with Crippen LogP contribution in [0.1, 0.15) is 35.2 Å². The number of aromatic nitrogens is 1. The van der Waals surface area contributed by atoms with E-state index in [-0.39, 0.29) is 18.1 Å². The summed E-state index contributed by atoms with van der Waals surface area (Å²) in [6, 6.07) is 30.6. The Morgan fingerprint density at radius 3 is 2.53 bits per heavy atom. The maximum absolute atomic E-state index is 14.1. The van der Waals surface area contributed by atoms with Crippen molar-refractivity contribution in [1.82, 2.24) is 4.57 Å². The molecule has 1 N–H and O–H groups in total. The molecule has 0 saturated heterocycles. The number of thiazole rings is 1. The Morgan fingerprint density at radius 1 is 0.979 bits per heavy atom. The Bertz CT molecular complexity index is 2230. The molecule has 1 amide bonds. The number of nitrogens with one attached hydrogen (secondary N) is 1. The smallest absolute Gasteiger partial charge is 0.271 e. The number of nitrogens with zero attached hydrogens (tertiary/aromatic N) is 3. The number of hydrogen-bond donors (Lipinski definition) is 1. The van der Waals surface area contributed by atoms with Gasteiger partial charge in [0.25, 0.3) is 11.5 Å². The summed E-state index contributed by atoms with van der Waals surface area (Å²) >= 11 is 1.24. The molecule has 10 heteroatoms. The molecule has 4 aromatic carbocycles. The van der Waals surface area contributed by atoms with Gasteiger partial charge in [-0.3, -0.25) is 14.2 Å². The predicted molar refractivity (Wildman–Crippen MR) is 180 cm³/mol. The van der Waals surface area contributed by atoms with E-state index in [4.69, 9.17) is 19.2 Å². The second-order valence-corrected chi connectivity index (χ2v) is 11.7. The fourth-order valence-electron chi connectivity index (χ4n) is 5.41. The largest absolute Gasteiger partial charge is 0.497 e. The molecule has 1 atom stereocenters. The highest BCUT2D eigenvalue weighted by atomic mass is 32.1. The van der Waals surface area contributed by atoms with Crippen LogP contribution < -0.4 is 34.4 Å². The molecule has 0 spiro atoms. The van der Waals surface area contributed by atoms with E-state index in [0.717, 1.165) is 5.56 Å². The van der Waals surface area contributed by atoms with Gasteiger partial charge in [-0.25, -0.2) is 4.99 Å². The lowest BCUT2D eigenvalue weighted by atomic mass is 9.95. The Labute approximate surface area is 274 Å². The molecule has 0 bridgehead atoms. The molecule has 234 valence electrons. The third-order valence-corrected chi connectivity index (χ3v) is 8.70. The van der Waals surface area contributed by atoms with Gasteiger partial charge in [0.05, 0.1) is 47.7 Å². The molecular formula is C37H30N4O5S. The number of hydrogen-bond acceptors (Lipinski definition) is 8. The first-order valence-corrected chi connectivity index (χ1v) is 15.5. The summed E-state index contributed by atoms with van der Waals surface area (Å²) < 4.78 is 19.1. The third-order valence-electron chi connectivity index (χ3n) is 7.71. The first-order chi connectivity index (χ1) is 22.9. The van der Waals surface area contributed by atoms with Gasteiger partial charge < -0.3 is 19.5 Å². The molecule has 1 aliphatic heterocycles. The number of ether oxygens (including phenoxy) is 3. The summed E-state index contributed by atoms with van der Waals surface area (Å²) in [5.41, 5.74) is 3.96. The normalized spacial score (nSPS) is 14.1. The SMILES string of the molecule is COc1cccc([C@@H]2C(C(=O)Nc3ccccc3)=C(C)N=c3s/c(=C\c4ccc(OCc5ccccc5C#N)c(OC)c4)c(=O)n32)c1. The molecule has 0 saturated carbocycles. The fourth-order valence-corrected chi connectivity index (χ4v) is 6.46. The number of methoxy groups -OCH3 is 2. The molecule has 0 fully saturated rings. The lowest BCUT2D eigenvalue weighted by Gasteiger charge is -2.25. The Hall–Kier alpha value is -5.92. The summed E-state index contributed by atoms with van der Waals surface area (Å²) in [6.07, 6.45) is 1.77.